The van der Waals surface area contributed by atoms with Gasteiger partial charge in [-0.3, -0.25) is 19.1 Å². The topological polar surface area (TPSA) is 70.5 Å². The van der Waals surface area contributed by atoms with E-state index in [1.807, 2.05) is 62.4 Å². The van der Waals surface area contributed by atoms with Gasteiger partial charge in [-0.05, 0) is 39.1 Å². The van der Waals surface area contributed by atoms with Crippen LogP contribution in [0, 0.1) is 0 Å². The van der Waals surface area contributed by atoms with Crippen molar-refractivity contribution in [2.75, 3.05) is 25.0 Å². The summed E-state index contributed by atoms with van der Waals surface area (Å²) in [5, 5.41) is 3.42. The largest absolute Gasteiger partial charge is 0.364 e. The maximum absolute atomic E-state index is 13.6. The zero-order chi connectivity index (χ0) is 21.7. The lowest BCUT2D eigenvalue weighted by atomic mass is 9.85. The van der Waals surface area contributed by atoms with Gasteiger partial charge in [-0.25, -0.2) is 4.98 Å². The Bertz CT molecular complexity index is 1200. The number of nitrogens with zero attached hydrogens (tertiary/aromatic N) is 4. The number of hydrogen-bond donors (Lipinski definition) is 1. The second-order valence-electron chi connectivity index (χ2n) is 8.84. The Morgan fingerprint density at radius 2 is 1.90 bits per heavy atom. The molecule has 7 heteroatoms. The predicted molar refractivity (Wildman–Crippen MR) is 122 cm³/mol. The van der Waals surface area contributed by atoms with Crippen LogP contribution in [0.1, 0.15) is 13.8 Å². The molecule has 0 bridgehead atoms. The summed E-state index contributed by atoms with van der Waals surface area (Å²) in [6.07, 6.45) is 0. The molecule has 0 saturated carbocycles. The Kier molecular flexibility index (Phi) is 4.78. The molecule has 2 aliphatic rings. The van der Waals surface area contributed by atoms with E-state index in [-0.39, 0.29) is 24.1 Å². The van der Waals surface area contributed by atoms with E-state index in [0.29, 0.717) is 28.8 Å². The first-order chi connectivity index (χ1) is 14.9. The molecule has 2 aliphatic heterocycles. The molecular weight excluding hydrogens is 390 g/mol. The minimum atomic E-state index is -0.199. The van der Waals surface area contributed by atoms with Crippen molar-refractivity contribution in [1.82, 2.24) is 19.8 Å². The van der Waals surface area contributed by atoms with Crippen molar-refractivity contribution in [2.24, 2.45) is 0 Å². The van der Waals surface area contributed by atoms with Crippen LogP contribution in [0.15, 0.2) is 53.3 Å². The van der Waals surface area contributed by atoms with E-state index in [2.05, 4.69) is 22.2 Å². The van der Waals surface area contributed by atoms with Gasteiger partial charge in [0, 0.05) is 36.4 Å². The molecule has 1 amide bonds. The van der Waals surface area contributed by atoms with E-state index >= 15 is 0 Å². The van der Waals surface area contributed by atoms with Crippen molar-refractivity contribution < 1.29 is 4.79 Å². The number of carbonyl (C=O) groups is 1. The summed E-state index contributed by atoms with van der Waals surface area (Å²) in [5.41, 5.74) is 2.32. The quantitative estimate of drug-likeness (QED) is 0.688. The molecular formula is C24H27N5O2. The summed E-state index contributed by atoms with van der Waals surface area (Å²) in [6.45, 7) is 5.78. The van der Waals surface area contributed by atoms with Crippen LogP contribution in [0.2, 0.25) is 0 Å². The third kappa shape index (κ3) is 3.39. The minimum Gasteiger partial charge on any atom is -0.364 e. The number of fused-ring (bicyclic) bond motifs is 2. The smallest absolute Gasteiger partial charge is 0.262 e. The van der Waals surface area contributed by atoms with Crippen molar-refractivity contribution in [3.63, 3.8) is 0 Å². The molecule has 2 fully saturated rings. The van der Waals surface area contributed by atoms with E-state index in [0.717, 1.165) is 24.3 Å². The number of piperazine rings is 1. The minimum absolute atomic E-state index is 0.00312. The van der Waals surface area contributed by atoms with Gasteiger partial charge in [0.05, 0.1) is 16.9 Å². The molecule has 2 aromatic carbocycles. The number of hydrogen-bond acceptors (Lipinski definition) is 5. The van der Waals surface area contributed by atoms with Gasteiger partial charge in [-0.2, -0.15) is 0 Å². The van der Waals surface area contributed by atoms with E-state index < -0.39 is 0 Å². The number of anilines is 1. The normalized spacial score (nSPS) is 20.3. The van der Waals surface area contributed by atoms with Crippen LogP contribution >= 0.6 is 0 Å². The predicted octanol–water partition coefficient (Wildman–Crippen LogP) is 2.09. The standard InChI is InChI=1S/C24H27N5O2/c1-15(2)25-22(30)14-29-23(16-7-5-4-6-8-16)26-19-10-9-17(11-18(19)24(29)31)28-13-20-21(28)12-27(20)3/h4-11,15,20-21H,12-14H2,1-3H3,(H,25,30). The number of nitrogens with one attached hydrogen (secondary N) is 1. The molecule has 1 N–H and O–H groups in total. The van der Waals surface area contributed by atoms with Crippen LogP contribution in [-0.4, -0.2) is 58.6 Å². The van der Waals surface area contributed by atoms with Gasteiger partial charge in [0.1, 0.15) is 12.4 Å². The Hall–Kier alpha value is -3.19. The number of rotatable bonds is 5. The number of amides is 1. The van der Waals surface area contributed by atoms with Crippen molar-refractivity contribution in [3.05, 3.63) is 58.9 Å². The highest BCUT2D eigenvalue weighted by Crippen LogP contribution is 2.36. The maximum atomic E-state index is 13.6. The molecule has 160 valence electrons. The monoisotopic (exact) mass is 417 g/mol. The van der Waals surface area contributed by atoms with Crippen molar-refractivity contribution in [2.45, 2.75) is 38.5 Å². The summed E-state index contributed by atoms with van der Waals surface area (Å²) in [5.74, 6) is 0.309. The Balaban J connectivity index is 1.59. The summed E-state index contributed by atoms with van der Waals surface area (Å²) in [6, 6.07) is 16.6. The van der Waals surface area contributed by atoms with Gasteiger partial charge in [-0.1, -0.05) is 30.3 Å². The average Bonchev–Trinajstić information content (AvgIpc) is 2.74. The molecule has 5 rings (SSSR count). The van der Waals surface area contributed by atoms with Crippen LogP contribution in [0.3, 0.4) is 0 Å². The number of likely N-dealkylation sites (tertiary alicyclic amines) is 1. The molecule has 2 atom stereocenters. The van der Waals surface area contributed by atoms with Crippen LogP contribution in [0.5, 0.6) is 0 Å². The van der Waals surface area contributed by atoms with Crippen molar-refractivity contribution in [3.8, 4) is 11.4 Å². The maximum Gasteiger partial charge on any atom is 0.262 e. The van der Waals surface area contributed by atoms with E-state index in [1.165, 1.54) is 4.57 Å². The van der Waals surface area contributed by atoms with Crippen LogP contribution in [-0.2, 0) is 11.3 Å². The fourth-order valence-electron chi connectivity index (χ4n) is 4.62. The number of aromatic nitrogens is 2. The second kappa shape index (κ2) is 7.50. The fourth-order valence-corrected chi connectivity index (χ4v) is 4.62. The lowest BCUT2D eigenvalue weighted by molar-refractivity contribution is -0.122. The molecule has 7 nitrogen and oxygen atoms in total. The highest BCUT2D eigenvalue weighted by atomic mass is 16.2. The van der Waals surface area contributed by atoms with Crippen LogP contribution in [0.4, 0.5) is 5.69 Å². The number of benzene rings is 2. The summed E-state index contributed by atoms with van der Waals surface area (Å²) >= 11 is 0. The van der Waals surface area contributed by atoms with E-state index in [4.69, 9.17) is 4.98 Å². The zero-order valence-corrected chi connectivity index (χ0v) is 18.1. The lowest BCUT2D eigenvalue weighted by Gasteiger charge is -2.62. The molecule has 2 saturated heterocycles. The van der Waals surface area contributed by atoms with Crippen LogP contribution < -0.4 is 15.8 Å². The first-order valence-electron chi connectivity index (χ1n) is 10.8. The number of carbonyl (C=O) groups excluding carboxylic acids is 1. The summed E-state index contributed by atoms with van der Waals surface area (Å²) in [7, 11) is 2.15. The Morgan fingerprint density at radius 1 is 1.13 bits per heavy atom. The Labute approximate surface area is 181 Å². The molecule has 3 aromatic rings. The van der Waals surface area contributed by atoms with Gasteiger partial charge < -0.3 is 10.2 Å². The lowest BCUT2D eigenvalue weighted by Crippen LogP contribution is -2.78. The SMILES string of the molecule is CC(C)NC(=O)Cn1c(-c2ccccc2)nc2ccc(N3CC4C3CN4C)cc2c1=O. The molecule has 2 unspecified atom stereocenters. The van der Waals surface area contributed by atoms with Gasteiger partial charge in [-0.15, -0.1) is 0 Å². The molecule has 0 radical (unpaired) electrons. The van der Waals surface area contributed by atoms with E-state index in [9.17, 15) is 9.59 Å². The average molecular weight is 418 g/mol. The van der Waals surface area contributed by atoms with Gasteiger partial charge >= 0.3 is 0 Å². The summed E-state index contributed by atoms with van der Waals surface area (Å²) < 4.78 is 1.50. The Morgan fingerprint density at radius 3 is 2.55 bits per heavy atom. The highest BCUT2D eigenvalue weighted by molar-refractivity contribution is 5.85. The highest BCUT2D eigenvalue weighted by Gasteiger charge is 2.49. The third-order valence-electron chi connectivity index (χ3n) is 6.32. The van der Waals surface area contributed by atoms with Gasteiger partial charge in [0.2, 0.25) is 5.91 Å². The van der Waals surface area contributed by atoms with Crippen molar-refractivity contribution >= 4 is 22.5 Å². The second-order valence-corrected chi connectivity index (χ2v) is 8.84. The molecule has 0 aliphatic carbocycles. The first-order valence-corrected chi connectivity index (χ1v) is 10.8. The first kappa shape index (κ1) is 19.8. The molecule has 31 heavy (non-hydrogen) atoms. The molecule has 1 aromatic heterocycles. The molecule has 0 spiro atoms. The molecule has 3 heterocycles. The van der Waals surface area contributed by atoms with Crippen molar-refractivity contribution in [1.29, 1.82) is 0 Å². The summed E-state index contributed by atoms with van der Waals surface area (Å²) in [4.78, 5) is 35.6. The van der Waals surface area contributed by atoms with E-state index in [1.54, 1.807) is 0 Å². The van der Waals surface area contributed by atoms with Gasteiger partial charge in [0.15, 0.2) is 0 Å². The van der Waals surface area contributed by atoms with Gasteiger partial charge in [0.25, 0.3) is 5.56 Å². The third-order valence-corrected chi connectivity index (χ3v) is 6.32. The number of likely N-dealkylation sites (N-methyl/N-ethyl adjacent to an activating group) is 1. The zero-order valence-electron chi connectivity index (χ0n) is 18.1. The van der Waals surface area contributed by atoms with Crippen LogP contribution in [0.25, 0.3) is 22.3 Å². The fraction of sp³-hybridized carbons (Fsp3) is 0.375.